The zero-order chi connectivity index (χ0) is 10.3. The lowest BCUT2D eigenvalue weighted by molar-refractivity contribution is 0.275. The molecule has 1 fully saturated rings. The Morgan fingerprint density at radius 3 is 2.80 bits per heavy atom. The van der Waals surface area contributed by atoms with Crippen LogP contribution in [-0.4, -0.2) is 14.7 Å². The second-order valence-corrected chi connectivity index (χ2v) is 4.76. The Kier molecular flexibility index (Phi) is 2.28. The van der Waals surface area contributed by atoms with Crippen molar-refractivity contribution in [1.82, 2.24) is 9.55 Å². The quantitative estimate of drug-likeness (QED) is 0.803. The fraction of sp³-hybridized carbons (Fsp3) is 0.750. The molecule has 0 bridgehead atoms. The normalized spacial score (nSPS) is 21.1. The summed E-state index contributed by atoms with van der Waals surface area (Å²) in [5.41, 5.74) is 2.25. The molecule has 1 aromatic heterocycles. The van der Waals surface area contributed by atoms with Gasteiger partial charge < -0.3 is 9.67 Å². The van der Waals surface area contributed by atoms with Crippen LogP contribution >= 0.6 is 0 Å². The molecule has 3 nitrogen and oxygen atoms in total. The molecule has 82 valence electrons. The van der Waals surface area contributed by atoms with Crippen LogP contribution in [0.5, 0.6) is 0 Å². The molecule has 0 unspecified atom stereocenters. The minimum absolute atomic E-state index is 0.113. The van der Waals surface area contributed by atoms with Gasteiger partial charge in [-0.3, -0.25) is 0 Å². The van der Waals surface area contributed by atoms with E-state index in [1.54, 1.807) is 0 Å². The van der Waals surface area contributed by atoms with Gasteiger partial charge in [-0.05, 0) is 32.1 Å². The number of nitrogens with zero attached hydrogens (tertiary/aromatic N) is 2. The number of hydrogen-bond acceptors (Lipinski definition) is 2. The van der Waals surface area contributed by atoms with Crippen LogP contribution in [0, 0.1) is 0 Å². The summed E-state index contributed by atoms with van der Waals surface area (Å²) in [5.74, 6) is 1.95. The van der Waals surface area contributed by atoms with Crippen LogP contribution in [0.2, 0.25) is 0 Å². The monoisotopic (exact) mass is 206 g/mol. The first kappa shape index (κ1) is 9.40. The topological polar surface area (TPSA) is 38.1 Å². The van der Waals surface area contributed by atoms with Gasteiger partial charge in [-0.15, -0.1) is 0 Å². The van der Waals surface area contributed by atoms with E-state index in [1.807, 2.05) is 0 Å². The fourth-order valence-corrected chi connectivity index (χ4v) is 2.75. The van der Waals surface area contributed by atoms with E-state index in [0.29, 0.717) is 5.92 Å². The van der Waals surface area contributed by atoms with Gasteiger partial charge in [-0.1, -0.05) is 6.42 Å². The van der Waals surface area contributed by atoms with E-state index < -0.39 is 0 Å². The van der Waals surface area contributed by atoms with E-state index in [2.05, 4.69) is 9.55 Å². The molecule has 0 amide bonds. The van der Waals surface area contributed by atoms with Gasteiger partial charge in [0.2, 0.25) is 0 Å². The summed E-state index contributed by atoms with van der Waals surface area (Å²) in [7, 11) is 0. The molecular weight excluding hydrogens is 188 g/mol. The molecule has 0 radical (unpaired) electrons. The van der Waals surface area contributed by atoms with Crippen LogP contribution < -0.4 is 0 Å². The van der Waals surface area contributed by atoms with Crippen LogP contribution in [0.4, 0.5) is 0 Å². The van der Waals surface area contributed by atoms with E-state index >= 15 is 0 Å². The molecule has 3 rings (SSSR count). The molecule has 0 spiro atoms. The maximum Gasteiger partial charge on any atom is 0.112 e. The van der Waals surface area contributed by atoms with Gasteiger partial charge in [0.05, 0.1) is 12.3 Å². The minimum atomic E-state index is 0.113. The van der Waals surface area contributed by atoms with Crippen LogP contribution in [0.25, 0.3) is 0 Å². The third kappa shape index (κ3) is 1.41. The largest absolute Gasteiger partial charge is 0.390 e. The summed E-state index contributed by atoms with van der Waals surface area (Å²) >= 11 is 0. The molecule has 0 saturated heterocycles. The van der Waals surface area contributed by atoms with Crippen LogP contribution in [0.15, 0.2) is 0 Å². The highest BCUT2D eigenvalue weighted by Gasteiger charge is 2.28. The maximum absolute atomic E-state index is 9.30. The smallest absolute Gasteiger partial charge is 0.112 e. The van der Waals surface area contributed by atoms with Crippen molar-refractivity contribution >= 4 is 0 Å². The summed E-state index contributed by atoms with van der Waals surface area (Å²) in [6.45, 7) is 1.23. The second-order valence-electron chi connectivity index (χ2n) is 4.76. The molecule has 1 aliphatic carbocycles. The van der Waals surface area contributed by atoms with Crippen LogP contribution in [0.3, 0.4) is 0 Å². The second kappa shape index (κ2) is 3.63. The lowest BCUT2D eigenvalue weighted by Gasteiger charge is -2.27. The molecule has 2 aliphatic rings. The van der Waals surface area contributed by atoms with Gasteiger partial charge in [0.15, 0.2) is 0 Å². The maximum atomic E-state index is 9.30. The molecule has 2 heterocycles. The zero-order valence-corrected chi connectivity index (χ0v) is 9.08. The molecule has 0 atom stereocenters. The number of fused-ring (bicyclic) bond motifs is 1. The van der Waals surface area contributed by atoms with Gasteiger partial charge in [-0.2, -0.15) is 0 Å². The van der Waals surface area contributed by atoms with Crippen molar-refractivity contribution in [3.8, 4) is 0 Å². The van der Waals surface area contributed by atoms with Crippen molar-refractivity contribution in [2.45, 2.75) is 57.6 Å². The molecule has 1 aliphatic heterocycles. The average molecular weight is 206 g/mol. The summed E-state index contributed by atoms with van der Waals surface area (Å²) < 4.78 is 2.39. The van der Waals surface area contributed by atoms with Gasteiger partial charge in [0.25, 0.3) is 0 Å². The SMILES string of the molecule is OCc1nc(C2CCC2)n2c1CCCC2. The molecule has 1 N–H and O–H groups in total. The summed E-state index contributed by atoms with van der Waals surface area (Å²) in [6.07, 6.45) is 7.57. The number of aromatic nitrogens is 2. The number of rotatable bonds is 2. The predicted molar refractivity (Wildman–Crippen MR) is 57.7 cm³/mol. The summed E-state index contributed by atoms with van der Waals surface area (Å²) in [5, 5.41) is 9.30. The molecule has 1 saturated carbocycles. The van der Waals surface area contributed by atoms with E-state index in [4.69, 9.17) is 0 Å². The molecule has 1 aromatic rings. The van der Waals surface area contributed by atoms with Gasteiger partial charge in [0.1, 0.15) is 5.82 Å². The summed E-state index contributed by atoms with van der Waals surface area (Å²) in [6, 6.07) is 0. The minimum Gasteiger partial charge on any atom is -0.390 e. The standard InChI is InChI=1S/C12H18N2O/c15-8-10-11-6-1-2-7-14(11)12(13-10)9-4-3-5-9/h9,15H,1-8H2. The highest BCUT2D eigenvalue weighted by molar-refractivity contribution is 5.21. The number of imidazole rings is 1. The Morgan fingerprint density at radius 1 is 1.27 bits per heavy atom. The van der Waals surface area contributed by atoms with E-state index in [1.165, 1.54) is 43.6 Å². The zero-order valence-electron chi connectivity index (χ0n) is 9.08. The molecule has 3 heteroatoms. The first-order chi connectivity index (χ1) is 7.40. The Bertz CT molecular complexity index is 366. The van der Waals surface area contributed by atoms with Crippen molar-refractivity contribution in [2.24, 2.45) is 0 Å². The van der Waals surface area contributed by atoms with Crippen molar-refractivity contribution in [1.29, 1.82) is 0 Å². The Labute approximate surface area is 90.1 Å². The lowest BCUT2D eigenvalue weighted by Crippen LogP contribution is -2.19. The van der Waals surface area contributed by atoms with Crippen molar-refractivity contribution in [3.05, 3.63) is 17.2 Å². The molecular formula is C12H18N2O. The number of aliphatic hydroxyl groups is 1. The van der Waals surface area contributed by atoms with E-state index in [-0.39, 0.29) is 6.61 Å². The lowest BCUT2D eigenvalue weighted by atomic mass is 9.84. The van der Waals surface area contributed by atoms with Crippen molar-refractivity contribution in [3.63, 3.8) is 0 Å². The molecule has 15 heavy (non-hydrogen) atoms. The fourth-order valence-electron chi connectivity index (χ4n) is 2.75. The van der Waals surface area contributed by atoms with Gasteiger partial charge in [0, 0.05) is 18.2 Å². The predicted octanol–water partition coefficient (Wildman–Crippen LogP) is 1.98. The van der Waals surface area contributed by atoms with E-state index in [0.717, 1.165) is 18.7 Å². The summed E-state index contributed by atoms with van der Waals surface area (Å²) in [4.78, 5) is 4.65. The van der Waals surface area contributed by atoms with Crippen molar-refractivity contribution < 1.29 is 5.11 Å². The third-order valence-electron chi connectivity index (χ3n) is 3.85. The highest BCUT2D eigenvalue weighted by Crippen LogP contribution is 2.37. The average Bonchev–Trinajstić information content (AvgIpc) is 2.55. The first-order valence-corrected chi connectivity index (χ1v) is 6.09. The Hall–Kier alpha value is -0.830. The van der Waals surface area contributed by atoms with Crippen LogP contribution in [-0.2, 0) is 19.6 Å². The van der Waals surface area contributed by atoms with Crippen molar-refractivity contribution in [2.75, 3.05) is 0 Å². The number of aliphatic hydroxyl groups excluding tert-OH is 1. The van der Waals surface area contributed by atoms with Crippen LogP contribution in [0.1, 0.15) is 55.2 Å². The van der Waals surface area contributed by atoms with E-state index in [9.17, 15) is 5.11 Å². The third-order valence-corrected chi connectivity index (χ3v) is 3.85. The Morgan fingerprint density at radius 2 is 2.13 bits per heavy atom. The van der Waals surface area contributed by atoms with Gasteiger partial charge >= 0.3 is 0 Å². The number of hydrogen-bond donors (Lipinski definition) is 1. The highest BCUT2D eigenvalue weighted by atomic mass is 16.3. The Balaban J connectivity index is 2.01. The first-order valence-electron chi connectivity index (χ1n) is 6.09. The van der Waals surface area contributed by atoms with Gasteiger partial charge in [-0.25, -0.2) is 4.98 Å². The molecule has 0 aromatic carbocycles.